The Kier molecular flexibility index (Phi) is 5.02. The summed E-state index contributed by atoms with van der Waals surface area (Å²) in [6, 6.07) is 12.1. The maximum Gasteiger partial charge on any atom is 0.291 e. The minimum atomic E-state index is -1.38. The number of carbonyl (C=O) groups is 4. The largest absolute Gasteiger partial charge is 0.550 e. The second-order valence-electron chi connectivity index (χ2n) is 8.99. The maximum absolute atomic E-state index is 13.7. The molecule has 3 heterocycles. The van der Waals surface area contributed by atoms with E-state index in [1.54, 1.807) is 11.4 Å². The fourth-order valence-corrected chi connectivity index (χ4v) is 6.01. The van der Waals surface area contributed by atoms with E-state index < -0.39 is 41.2 Å². The first-order valence-corrected chi connectivity index (χ1v) is 11.2. The zero-order valence-corrected chi connectivity index (χ0v) is 18.6. The van der Waals surface area contributed by atoms with E-state index in [-0.39, 0.29) is 25.3 Å². The van der Waals surface area contributed by atoms with Crippen LogP contribution in [0.5, 0.6) is 0 Å². The number of carbonyl (C=O) groups excluding carboxylic acids is 4. The fraction of sp³-hybridized carbons (Fsp3) is 0.333. The van der Waals surface area contributed by atoms with Crippen LogP contribution in [0.15, 0.2) is 42.5 Å². The molecule has 2 saturated heterocycles. The number of nitrogens with zero attached hydrogens (tertiary/aromatic N) is 1. The standard InChI is InChI=1S/C24H22ClN3O5/c1-12-9-14-20(15(25)10-12)26-23(33)24(14)19-18(16(27-24)7-8-17(29)30)21(31)28(22(19)32)11-13-5-3-2-4-6-13/h2-6,9-10,16,18-19,27H,7-8,11H2,1H3,(H,26,33)(H,29,30)/t16-,18+,19-,24-/m0/s1. The van der Waals surface area contributed by atoms with Crippen LogP contribution >= 0.6 is 11.6 Å². The highest BCUT2D eigenvalue weighted by atomic mass is 35.5. The number of anilines is 1. The van der Waals surface area contributed by atoms with Crippen molar-refractivity contribution in [3.05, 3.63) is 64.2 Å². The highest BCUT2D eigenvalue weighted by molar-refractivity contribution is 6.35. The third kappa shape index (κ3) is 3.16. The van der Waals surface area contributed by atoms with Crippen molar-refractivity contribution in [1.82, 2.24) is 4.90 Å². The lowest BCUT2D eigenvalue weighted by Crippen LogP contribution is -2.99. The number of aryl methyl sites for hydroxylation is 1. The van der Waals surface area contributed by atoms with Crippen molar-refractivity contribution in [2.45, 2.75) is 37.9 Å². The molecular formula is C24H22ClN3O5. The Morgan fingerprint density at radius 3 is 2.61 bits per heavy atom. The first-order valence-electron chi connectivity index (χ1n) is 10.8. The molecule has 8 nitrogen and oxygen atoms in total. The van der Waals surface area contributed by atoms with Gasteiger partial charge in [-0.3, -0.25) is 19.3 Å². The molecule has 3 N–H and O–H groups in total. The van der Waals surface area contributed by atoms with Gasteiger partial charge in [0.1, 0.15) is 17.9 Å². The van der Waals surface area contributed by atoms with E-state index in [1.807, 2.05) is 43.3 Å². The first-order chi connectivity index (χ1) is 15.7. The summed E-state index contributed by atoms with van der Waals surface area (Å²) < 4.78 is 0. The number of benzene rings is 2. The molecule has 0 aliphatic carbocycles. The van der Waals surface area contributed by atoms with Crippen molar-refractivity contribution in [2.75, 3.05) is 5.32 Å². The number of nitrogens with two attached hydrogens (primary N) is 1. The molecule has 0 radical (unpaired) electrons. The van der Waals surface area contributed by atoms with E-state index >= 15 is 0 Å². The smallest absolute Gasteiger partial charge is 0.291 e. The summed E-state index contributed by atoms with van der Waals surface area (Å²) in [7, 11) is 0. The number of hydrogen-bond donors (Lipinski definition) is 2. The number of aliphatic carboxylic acids is 1. The second kappa shape index (κ2) is 7.67. The normalized spacial score (nSPS) is 27.8. The SMILES string of the molecule is Cc1cc(Cl)c2c(c1)[C@@]1([NH2+][C@@H](CCC(=O)[O-])[C@H]3C(=O)N(Cc4ccccc4)C(=O)[C@H]31)C(=O)N2. The van der Waals surface area contributed by atoms with Gasteiger partial charge in [0.05, 0.1) is 17.3 Å². The Balaban J connectivity index is 1.62. The highest BCUT2D eigenvalue weighted by Gasteiger charge is 2.74. The molecule has 4 atom stereocenters. The molecule has 33 heavy (non-hydrogen) atoms. The quantitative estimate of drug-likeness (QED) is 0.602. The average molecular weight is 468 g/mol. The summed E-state index contributed by atoms with van der Waals surface area (Å²) in [5, 5.41) is 16.1. The number of carboxylic acids is 1. The summed E-state index contributed by atoms with van der Waals surface area (Å²) in [6.07, 6.45) is -0.171. The predicted octanol–water partition coefficient (Wildman–Crippen LogP) is 0.0729. The molecule has 0 bridgehead atoms. The lowest BCUT2D eigenvalue weighted by molar-refractivity contribution is -0.734. The molecule has 0 aromatic heterocycles. The van der Waals surface area contributed by atoms with Crippen LogP contribution in [0.2, 0.25) is 5.02 Å². The van der Waals surface area contributed by atoms with E-state index in [2.05, 4.69) is 5.32 Å². The number of likely N-dealkylation sites (tertiary alicyclic amines) is 1. The summed E-state index contributed by atoms with van der Waals surface area (Å²) >= 11 is 6.41. The number of rotatable bonds is 5. The number of fused-ring (bicyclic) bond motifs is 4. The minimum Gasteiger partial charge on any atom is -0.550 e. The molecule has 5 rings (SSSR count). The van der Waals surface area contributed by atoms with E-state index in [1.165, 1.54) is 4.90 Å². The number of hydrogen-bond acceptors (Lipinski definition) is 5. The number of quaternary nitrogens is 1. The molecule has 170 valence electrons. The Hall–Kier alpha value is -3.23. The van der Waals surface area contributed by atoms with Crippen molar-refractivity contribution >= 4 is 41.0 Å². The lowest BCUT2D eigenvalue weighted by Gasteiger charge is -2.26. The summed E-state index contributed by atoms with van der Waals surface area (Å²) in [6.45, 7) is 1.93. The average Bonchev–Trinajstić information content (AvgIpc) is 3.35. The van der Waals surface area contributed by atoms with Gasteiger partial charge in [0.2, 0.25) is 17.4 Å². The van der Waals surface area contributed by atoms with Crippen molar-refractivity contribution in [2.24, 2.45) is 11.8 Å². The van der Waals surface area contributed by atoms with Crippen LogP contribution in [0.25, 0.3) is 0 Å². The van der Waals surface area contributed by atoms with Crippen LogP contribution in [0.3, 0.4) is 0 Å². The van der Waals surface area contributed by atoms with Crippen molar-refractivity contribution in [3.8, 4) is 0 Å². The van der Waals surface area contributed by atoms with Crippen LogP contribution in [-0.2, 0) is 31.3 Å². The van der Waals surface area contributed by atoms with Gasteiger partial charge in [-0.1, -0.05) is 41.9 Å². The molecule has 1 spiro atoms. The molecule has 0 saturated carbocycles. The van der Waals surface area contributed by atoms with E-state index in [9.17, 15) is 24.3 Å². The van der Waals surface area contributed by atoms with Gasteiger partial charge in [-0.25, -0.2) is 0 Å². The van der Waals surface area contributed by atoms with Crippen LogP contribution in [-0.4, -0.2) is 34.6 Å². The van der Waals surface area contributed by atoms with Crippen LogP contribution < -0.4 is 15.7 Å². The molecule has 3 aliphatic heterocycles. The van der Waals surface area contributed by atoms with Gasteiger partial charge in [0.15, 0.2) is 0 Å². The van der Waals surface area contributed by atoms with E-state index in [0.717, 1.165) is 11.1 Å². The van der Waals surface area contributed by atoms with Crippen LogP contribution in [0.1, 0.15) is 29.5 Å². The molecule has 9 heteroatoms. The number of halogens is 1. The van der Waals surface area contributed by atoms with E-state index in [4.69, 9.17) is 11.6 Å². The van der Waals surface area contributed by atoms with Gasteiger partial charge in [0, 0.05) is 18.0 Å². The van der Waals surface area contributed by atoms with Crippen LogP contribution in [0.4, 0.5) is 5.69 Å². The zero-order chi connectivity index (χ0) is 23.5. The summed E-state index contributed by atoms with van der Waals surface area (Å²) in [4.78, 5) is 53.1. The Morgan fingerprint density at radius 1 is 1.18 bits per heavy atom. The lowest BCUT2D eigenvalue weighted by atomic mass is 9.76. The molecule has 3 aliphatic rings. The van der Waals surface area contributed by atoms with Crippen molar-refractivity contribution < 1.29 is 29.6 Å². The number of carboxylic acid groups (broad SMARTS) is 1. The third-order valence-corrected chi connectivity index (χ3v) is 7.33. The Bertz CT molecular complexity index is 1200. The first kappa shape index (κ1) is 21.6. The van der Waals surface area contributed by atoms with Gasteiger partial charge >= 0.3 is 0 Å². The van der Waals surface area contributed by atoms with Gasteiger partial charge in [-0.15, -0.1) is 0 Å². The molecule has 2 aromatic rings. The maximum atomic E-state index is 13.7. The monoisotopic (exact) mass is 467 g/mol. The topological polar surface area (TPSA) is 123 Å². The second-order valence-corrected chi connectivity index (χ2v) is 9.39. The van der Waals surface area contributed by atoms with Gasteiger partial charge < -0.3 is 20.5 Å². The van der Waals surface area contributed by atoms with E-state index in [0.29, 0.717) is 16.3 Å². The number of imide groups is 1. The van der Waals surface area contributed by atoms with Crippen molar-refractivity contribution in [3.63, 3.8) is 0 Å². The number of nitrogens with one attached hydrogen (secondary N) is 1. The van der Waals surface area contributed by atoms with Gasteiger partial charge in [0.25, 0.3) is 5.91 Å². The zero-order valence-electron chi connectivity index (χ0n) is 17.8. The molecule has 0 unspecified atom stereocenters. The fourth-order valence-electron chi connectivity index (χ4n) is 5.68. The molecule has 2 fully saturated rings. The predicted molar refractivity (Wildman–Crippen MR) is 115 cm³/mol. The minimum absolute atomic E-state index is 0.0951. The van der Waals surface area contributed by atoms with Crippen molar-refractivity contribution in [1.29, 1.82) is 0 Å². The molecular weight excluding hydrogens is 446 g/mol. The van der Waals surface area contributed by atoms with Gasteiger partial charge in [-0.05, 0) is 36.6 Å². The summed E-state index contributed by atoms with van der Waals surface area (Å²) in [5.74, 6) is -4.25. The van der Waals surface area contributed by atoms with Gasteiger partial charge in [-0.2, -0.15) is 0 Å². The van der Waals surface area contributed by atoms with Crippen LogP contribution in [0, 0.1) is 18.8 Å². The summed E-state index contributed by atoms with van der Waals surface area (Å²) in [5.41, 5.74) is 1.22. The number of amides is 3. The third-order valence-electron chi connectivity index (χ3n) is 7.03. The molecule has 2 aromatic carbocycles. The molecule has 3 amide bonds. The highest BCUT2D eigenvalue weighted by Crippen LogP contribution is 2.51. The Labute approximate surface area is 194 Å². The Morgan fingerprint density at radius 2 is 1.91 bits per heavy atom.